The summed E-state index contributed by atoms with van der Waals surface area (Å²) in [4.78, 5) is 0. The molecule has 2 unspecified atom stereocenters. The maximum absolute atomic E-state index is 10.8. The molecule has 10 atom stereocenters. The van der Waals surface area contributed by atoms with Crippen LogP contribution in [-0.4, -0.2) is 117 Å². The number of ether oxygens (including phenoxy) is 4. The summed E-state index contributed by atoms with van der Waals surface area (Å²) >= 11 is 0. The minimum absolute atomic E-state index is 0.947. The molecule has 208 valence electrons. The van der Waals surface area contributed by atoms with Gasteiger partial charge in [-0.25, -0.2) is 0 Å². The van der Waals surface area contributed by atoms with E-state index in [0.29, 0.717) is 0 Å². The minimum atomic E-state index is -5.03. The molecule has 0 bridgehead atoms. The van der Waals surface area contributed by atoms with E-state index in [0.717, 1.165) is 0 Å². The molecule has 2 heterocycles. The van der Waals surface area contributed by atoms with E-state index < -0.39 is 152 Å². The zero-order valence-electron chi connectivity index (χ0n) is 43.0. The molecule has 2 saturated heterocycles. The van der Waals surface area contributed by atoms with Crippen molar-refractivity contribution in [1.29, 1.82) is 0 Å². The molecule has 0 aromatic rings. The highest BCUT2D eigenvalue weighted by atomic mass is 16.7. The summed E-state index contributed by atoms with van der Waals surface area (Å²) in [5.74, 6) is 0. The van der Waals surface area contributed by atoms with Gasteiger partial charge < -0.3 is 54.7 Å². The van der Waals surface area contributed by atoms with Crippen molar-refractivity contribution in [1.82, 2.24) is 0 Å². The molecule has 0 amide bonds. The zero-order valence-corrected chi connectivity index (χ0v) is 18.0. The third-order valence-electron chi connectivity index (χ3n) is 4.75. The predicted octanol–water partition coefficient (Wildman–Crippen LogP) is -0.452. The van der Waals surface area contributed by atoms with Crippen molar-refractivity contribution >= 4 is 0 Å². The van der Waals surface area contributed by atoms with E-state index in [2.05, 4.69) is 0 Å². The molecule has 0 spiro atoms. The van der Waals surface area contributed by atoms with Gasteiger partial charge in [0.1, 0.15) is 48.8 Å². The molecular weight excluding hydrogens is 464 g/mol. The second-order valence-electron chi connectivity index (χ2n) is 6.97. The number of rotatable bonds is 16. The molecule has 2 fully saturated rings. The van der Waals surface area contributed by atoms with Gasteiger partial charge in [-0.3, -0.25) is 0 Å². The van der Waals surface area contributed by atoms with Gasteiger partial charge in [0.2, 0.25) is 0 Å². The van der Waals surface area contributed by atoms with Crippen LogP contribution in [-0.2, 0) is 18.9 Å². The van der Waals surface area contributed by atoms with Gasteiger partial charge in [0.25, 0.3) is 0 Å². The summed E-state index contributed by atoms with van der Waals surface area (Å²) in [5.41, 5.74) is 0. The number of hydrogen-bond donors (Lipinski definition) is 7. The molecule has 7 N–H and O–H groups in total. The van der Waals surface area contributed by atoms with E-state index >= 15 is 0 Å². The molecule has 0 aromatic carbocycles. The first-order valence-corrected chi connectivity index (χ1v) is 10.0. The topological polar surface area (TPSA) is 179 Å². The van der Waals surface area contributed by atoms with Crippen molar-refractivity contribution in [3.05, 3.63) is 0 Å². The lowest BCUT2D eigenvalue weighted by Gasteiger charge is -2.45. The van der Waals surface area contributed by atoms with Crippen LogP contribution >= 0.6 is 0 Å². The highest BCUT2D eigenvalue weighted by Crippen LogP contribution is 2.29. The van der Waals surface area contributed by atoms with Crippen LogP contribution in [0.4, 0.5) is 0 Å². The van der Waals surface area contributed by atoms with Crippen LogP contribution in [0.15, 0.2) is 0 Å². The third kappa shape index (κ3) is 9.11. The fraction of sp³-hybridized carbons (Fsp3) is 1.00. The Morgan fingerprint density at radius 3 is 1.80 bits per heavy atom. The number of aliphatic hydroxyl groups is 7. The van der Waals surface area contributed by atoms with Gasteiger partial charge in [-0.1, -0.05) is 64.2 Å². The largest absolute Gasteiger partial charge is 0.394 e. The van der Waals surface area contributed by atoms with Gasteiger partial charge in [0, 0.05) is 38.1 Å². The van der Waals surface area contributed by atoms with Crippen LogP contribution in [0, 0.1) is 0 Å². The Morgan fingerprint density at radius 1 is 0.657 bits per heavy atom. The SMILES string of the molecule is [2H]C([2H])([2H])C([2H])([2H])C([2H])([2H])C([2H])([2H])C([2H])([2H])C([2H])([2H])C([2H])([2H])C([2H])([2H])C([2H])([2H])C([2H])([2H])C([2H])([2H])C([2H])([2H])O[C@@H]1OC(CO)[C@@H](O[C@H]2OC(CO)[C@@H](O)[C@@H](O)[C@H]2O)[C@@H](O)[C@H]1O. The first-order valence-electron chi connectivity index (χ1n) is 22.5. The summed E-state index contributed by atoms with van der Waals surface area (Å²) in [7, 11) is 0. The molecule has 2 rings (SSSR count). The van der Waals surface area contributed by atoms with Crippen molar-refractivity contribution in [2.75, 3.05) is 19.8 Å². The molecule has 11 heteroatoms. The summed E-state index contributed by atoms with van der Waals surface area (Å²) in [6.45, 7) is -10.7. The molecule has 11 nitrogen and oxygen atoms in total. The van der Waals surface area contributed by atoms with Crippen LogP contribution < -0.4 is 0 Å². The predicted molar refractivity (Wildman–Crippen MR) is 124 cm³/mol. The van der Waals surface area contributed by atoms with Crippen LogP contribution in [0.3, 0.4) is 0 Å². The Bertz CT molecular complexity index is 1490. The van der Waals surface area contributed by atoms with Crippen molar-refractivity contribution in [2.45, 2.75) is 132 Å². The van der Waals surface area contributed by atoms with Crippen molar-refractivity contribution < 1.29 is 89.0 Å². The highest BCUT2D eigenvalue weighted by Gasteiger charge is 2.50. The Balaban J connectivity index is 2.55. The quantitative estimate of drug-likeness (QED) is 0.136. The van der Waals surface area contributed by atoms with Crippen molar-refractivity contribution in [3.8, 4) is 0 Å². The Kier molecular flexibility index (Phi) is 4.98. The average Bonchev–Trinajstić information content (AvgIpc) is 3.09. The number of aliphatic hydroxyl groups excluding tert-OH is 7. The lowest BCUT2D eigenvalue weighted by Crippen LogP contribution is -2.64. The fourth-order valence-corrected chi connectivity index (χ4v) is 3.02. The zero-order chi connectivity index (χ0) is 48.0. The molecule has 0 aliphatic carbocycles. The first-order chi connectivity index (χ1) is 26.2. The first kappa shape index (κ1) is 10.6. The molecule has 35 heavy (non-hydrogen) atoms. The fourth-order valence-electron chi connectivity index (χ4n) is 3.02. The summed E-state index contributed by atoms with van der Waals surface area (Å²) in [6.07, 6.45) is -69.8. The Labute approximate surface area is 242 Å². The van der Waals surface area contributed by atoms with E-state index in [9.17, 15) is 35.7 Å². The van der Waals surface area contributed by atoms with Crippen LogP contribution in [0.1, 0.15) is 105 Å². The molecular formula is C24H46O11. The minimum Gasteiger partial charge on any atom is -0.394 e. The van der Waals surface area contributed by atoms with Crippen LogP contribution in [0.25, 0.3) is 0 Å². The van der Waals surface area contributed by atoms with E-state index in [1.54, 1.807) is 0 Å². The highest BCUT2D eigenvalue weighted by molar-refractivity contribution is 4.94. The van der Waals surface area contributed by atoms with E-state index in [-0.39, 0.29) is 0 Å². The molecule has 2 aliphatic rings. The molecule has 0 radical (unpaired) electrons. The van der Waals surface area contributed by atoms with E-state index in [1.165, 1.54) is 0 Å². The average molecular weight is 536 g/mol. The monoisotopic (exact) mass is 535 g/mol. The second kappa shape index (κ2) is 16.4. The van der Waals surface area contributed by atoms with E-state index in [1.807, 2.05) is 0 Å². The summed E-state index contributed by atoms with van der Waals surface area (Å²) in [5, 5.41) is 71.3. The molecule has 0 aromatic heterocycles. The van der Waals surface area contributed by atoms with Crippen molar-refractivity contribution in [3.63, 3.8) is 0 Å². The third-order valence-corrected chi connectivity index (χ3v) is 4.75. The van der Waals surface area contributed by atoms with Crippen LogP contribution in [0.5, 0.6) is 0 Å². The van der Waals surface area contributed by atoms with Gasteiger partial charge in [-0.05, 0) is 6.37 Å². The Hall–Kier alpha value is -0.440. The smallest absolute Gasteiger partial charge is 0.187 e. The van der Waals surface area contributed by atoms with Gasteiger partial charge in [0.05, 0.1) is 16.0 Å². The van der Waals surface area contributed by atoms with Gasteiger partial charge in [-0.15, -0.1) is 0 Å². The van der Waals surface area contributed by atoms with E-state index in [4.69, 9.17) is 53.2 Å². The molecule has 2 aliphatic heterocycles. The second-order valence-corrected chi connectivity index (χ2v) is 6.97. The lowest BCUT2D eigenvalue weighted by atomic mass is 9.97. The standard InChI is InChI=1S/C24H46O11/c1-2-3-4-5-6-7-8-9-10-11-12-32-23-21(31)19(29)22(16(14-26)34-23)35-24-20(30)18(28)17(27)15(13-25)33-24/h15-31H,2-14H2,1H3/t15?,16?,17-,18-,19+,20-,21-,22-,23-,24-/m1/s1/i1D3,2D2,3D2,4D2,5D2,6D2,7D2,8D2,9D2,10D2,11D2,12D2. The Morgan fingerprint density at radius 2 is 1.20 bits per heavy atom. The van der Waals surface area contributed by atoms with Gasteiger partial charge in [0.15, 0.2) is 12.6 Å². The normalized spacial score (nSPS) is 53.5. The molecule has 0 saturated carbocycles. The maximum Gasteiger partial charge on any atom is 0.187 e. The summed E-state index contributed by atoms with van der Waals surface area (Å²) < 4.78 is 222. The maximum atomic E-state index is 10.8. The van der Waals surface area contributed by atoms with Crippen LogP contribution in [0.2, 0.25) is 0 Å². The van der Waals surface area contributed by atoms with Gasteiger partial charge >= 0.3 is 0 Å². The van der Waals surface area contributed by atoms with Crippen molar-refractivity contribution in [2.24, 2.45) is 0 Å². The lowest BCUT2D eigenvalue weighted by molar-refractivity contribution is -0.359. The summed E-state index contributed by atoms with van der Waals surface area (Å²) in [6, 6.07) is 0. The number of hydrogen-bond acceptors (Lipinski definition) is 11. The van der Waals surface area contributed by atoms with Gasteiger partial charge in [-0.2, -0.15) is 0 Å².